The summed E-state index contributed by atoms with van der Waals surface area (Å²) in [5.41, 5.74) is 0.578. The molecule has 1 unspecified atom stereocenters. The van der Waals surface area contributed by atoms with Crippen molar-refractivity contribution in [3.8, 4) is 0 Å². The SMILES string of the molecule is CC(C(=O)Nc1ccc(S(=O)(=O)N2CCCC2)cc1)N1CCN(C(=O)C2CC2)CC1. The number of hydrogen-bond acceptors (Lipinski definition) is 5. The van der Waals surface area contributed by atoms with Crippen molar-refractivity contribution in [3.63, 3.8) is 0 Å². The summed E-state index contributed by atoms with van der Waals surface area (Å²) in [5, 5.41) is 2.88. The van der Waals surface area contributed by atoms with Gasteiger partial charge in [0, 0.05) is 50.9 Å². The van der Waals surface area contributed by atoms with E-state index in [-0.39, 0.29) is 28.7 Å². The second kappa shape index (κ2) is 8.64. The van der Waals surface area contributed by atoms with Crippen molar-refractivity contribution in [1.82, 2.24) is 14.1 Å². The first kappa shape index (κ1) is 21.3. The average Bonchev–Trinajstić information content (AvgIpc) is 3.45. The van der Waals surface area contributed by atoms with Crippen molar-refractivity contribution in [2.24, 2.45) is 5.92 Å². The smallest absolute Gasteiger partial charge is 0.243 e. The Balaban J connectivity index is 1.30. The van der Waals surface area contributed by atoms with Gasteiger partial charge < -0.3 is 10.2 Å². The number of carbonyl (C=O) groups is 2. The number of nitrogens with one attached hydrogen (secondary N) is 1. The van der Waals surface area contributed by atoms with E-state index in [1.807, 2.05) is 11.8 Å². The minimum atomic E-state index is -3.45. The third kappa shape index (κ3) is 4.53. The average molecular weight is 435 g/mol. The van der Waals surface area contributed by atoms with Gasteiger partial charge in [0.25, 0.3) is 0 Å². The van der Waals surface area contributed by atoms with Crippen LogP contribution in [0, 0.1) is 5.92 Å². The van der Waals surface area contributed by atoms with E-state index in [1.54, 1.807) is 24.3 Å². The molecule has 0 bridgehead atoms. The highest BCUT2D eigenvalue weighted by molar-refractivity contribution is 7.89. The fourth-order valence-corrected chi connectivity index (χ4v) is 5.64. The van der Waals surface area contributed by atoms with E-state index in [9.17, 15) is 18.0 Å². The monoisotopic (exact) mass is 434 g/mol. The minimum Gasteiger partial charge on any atom is -0.340 e. The van der Waals surface area contributed by atoms with Crippen LogP contribution in [0.15, 0.2) is 29.2 Å². The highest BCUT2D eigenvalue weighted by Gasteiger charge is 2.35. The number of piperazine rings is 1. The van der Waals surface area contributed by atoms with E-state index in [1.165, 1.54) is 4.31 Å². The summed E-state index contributed by atoms with van der Waals surface area (Å²) < 4.78 is 26.7. The molecular formula is C21H30N4O4S. The topological polar surface area (TPSA) is 90.0 Å². The van der Waals surface area contributed by atoms with E-state index in [4.69, 9.17) is 0 Å². The lowest BCUT2D eigenvalue weighted by Gasteiger charge is -2.37. The molecule has 4 rings (SSSR count). The van der Waals surface area contributed by atoms with Gasteiger partial charge in [-0.3, -0.25) is 14.5 Å². The lowest BCUT2D eigenvalue weighted by molar-refractivity contribution is -0.135. The Morgan fingerprint density at radius 2 is 1.57 bits per heavy atom. The first-order chi connectivity index (χ1) is 14.4. The van der Waals surface area contributed by atoms with Gasteiger partial charge in [0.15, 0.2) is 0 Å². The molecule has 30 heavy (non-hydrogen) atoms. The van der Waals surface area contributed by atoms with Crippen molar-refractivity contribution < 1.29 is 18.0 Å². The number of nitrogens with zero attached hydrogens (tertiary/aromatic N) is 3. The predicted octanol–water partition coefficient (Wildman–Crippen LogP) is 1.35. The number of carbonyl (C=O) groups excluding carboxylic acids is 2. The quantitative estimate of drug-likeness (QED) is 0.730. The first-order valence-electron chi connectivity index (χ1n) is 10.8. The largest absolute Gasteiger partial charge is 0.340 e. The van der Waals surface area contributed by atoms with E-state index in [2.05, 4.69) is 10.2 Å². The molecule has 1 saturated carbocycles. The summed E-state index contributed by atoms with van der Waals surface area (Å²) in [5.74, 6) is 0.359. The molecule has 1 aromatic rings. The van der Waals surface area contributed by atoms with Gasteiger partial charge in [-0.1, -0.05) is 0 Å². The Bertz CT molecular complexity index is 884. The molecule has 1 N–H and O–H groups in total. The summed E-state index contributed by atoms with van der Waals surface area (Å²) in [6.45, 7) is 5.68. The van der Waals surface area contributed by atoms with Crippen LogP contribution in [0.3, 0.4) is 0 Å². The van der Waals surface area contributed by atoms with Gasteiger partial charge in [0.1, 0.15) is 0 Å². The van der Waals surface area contributed by atoms with Crippen LogP contribution in [0.1, 0.15) is 32.6 Å². The Morgan fingerprint density at radius 3 is 2.13 bits per heavy atom. The van der Waals surface area contributed by atoms with E-state index >= 15 is 0 Å². The predicted molar refractivity (Wildman–Crippen MR) is 113 cm³/mol. The van der Waals surface area contributed by atoms with Crippen molar-refractivity contribution >= 4 is 27.5 Å². The summed E-state index contributed by atoms with van der Waals surface area (Å²) in [6.07, 6.45) is 3.81. The zero-order valence-corrected chi connectivity index (χ0v) is 18.2. The lowest BCUT2D eigenvalue weighted by atomic mass is 10.2. The number of amides is 2. The van der Waals surface area contributed by atoms with Crippen LogP contribution in [0.25, 0.3) is 0 Å². The molecule has 2 amide bonds. The van der Waals surface area contributed by atoms with Crippen LogP contribution in [-0.2, 0) is 19.6 Å². The van der Waals surface area contributed by atoms with Gasteiger partial charge in [0.05, 0.1) is 10.9 Å². The van der Waals surface area contributed by atoms with Crippen LogP contribution in [0.5, 0.6) is 0 Å². The fourth-order valence-electron chi connectivity index (χ4n) is 4.12. The van der Waals surface area contributed by atoms with E-state index in [0.717, 1.165) is 25.7 Å². The van der Waals surface area contributed by atoms with Gasteiger partial charge in [-0.05, 0) is 56.9 Å². The summed E-state index contributed by atoms with van der Waals surface area (Å²) in [7, 11) is -3.45. The minimum absolute atomic E-state index is 0.132. The van der Waals surface area contributed by atoms with Crippen LogP contribution < -0.4 is 5.32 Å². The zero-order chi connectivity index (χ0) is 21.3. The maximum Gasteiger partial charge on any atom is 0.243 e. The molecule has 1 aliphatic carbocycles. The van der Waals surface area contributed by atoms with Gasteiger partial charge in [-0.15, -0.1) is 0 Å². The molecule has 8 nitrogen and oxygen atoms in total. The third-order valence-corrected chi connectivity index (χ3v) is 8.22. The molecule has 0 radical (unpaired) electrons. The molecule has 2 aliphatic heterocycles. The van der Waals surface area contributed by atoms with Crippen molar-refractivity contribution in [2.45, 2.75) is 43.5 Å². The summed E-state index contributed by atoms with van der Waals surface area (Å²) in [6, 6.07) is 6.06. The van der Waals surface area contributed by atoms with Crippen molar-refractivity contribution in [3.05, 3.63) is 24.3 Å². The van der Waals surface area contributed by atoms with Gasteiger partial charge in [-0.2, -0.15) is 4.31 Å². The molecule has 164 valence electrons. The number of benzene rings is 1. The van der Waals surface area contributed by atoms with Crippen LogP contribution >= 0.6 is 0 Å². The second-order valence-electron chi connectivity index (χ2n) is 8.44. The Kier molecular flexibility index (Phi) is 6.13. The molecule has 3 aliphatic rings. The lowest BCUT2D eigenvalue weighted by Crippen LogP contribution is -2.54. The molecule has 0 spiro atoms. The molecular weight excluding hydrogens is 404 g/mol. The summed E-state index contributed by atoms with van der Waals surface area (Å²) >= 11 is 0. The maximum atomic E-state index is 12.7. The standard InChI is InChI=1S/C21H30N4O4S/c1-16(23-12-14-24(15-13-23)21(27)17-4-5-17)20(26)22-18-6-8-19(9-7-18)30(28,29)25-10-2-3-11-25/h6-9,16-17H,2-5,10-15H2,1H3,(H,22,26). The van der Waals surface area contributed by atoms with E-state index < -0.39 is 10.0 Å². The van der Waals surface area contributed by atoms with Crippen LogP contribution in [-0.4, -0.2) is 79.6 Å². The number of hydrogen-bond donors (Lipinski definition) is 1. The fraction of sp³-hybridized carbons (Fsp3) is 0.619. The first-order valence-corrected chi connectivity index (χ1v) is 12.2. The van der Waals surface area contributed by atoms with Crippen molar-refractivity contribution in [1.29, 1.82) is 0 Å². The molecule has 2 heterocycles. The molecule has 1 atom stereocenters. The Morgan fingerprint density at radius 1 is 0.967 bits per heavy atom. The number of sulfonamides is 1. The summed E-state index contributed by atoms with van der Waals surface area (Å²) in [4.78, 5) is 29.1. The second-order valence-corrected chi connectivity index (χ2v) is 10.4. The van der Waals surface area contributed by atoms with Crippen LogP contribution in [0.4, 0.5) is 5.69 Å². The van der Waals surface area contributed by atoms with Gasteiger partial charge in [-0.25, -0.2) is 8.42 Å². The van der Waals surface area contributed by atoms with Crippen LogP contribution in [0.2, 0.25) is 0 Å². The number of anilines is 1. The number of rotatable bonds is 6. The molecule has 3 fully saturated rings. The molecule has 1 aromatic carbocycles. The Labute approximate surface area is 178 Å². The van der Waals surface area contributed by atoms with Gasteiger partial charge >= 0.3 is 0 Å². The normalized spacial score (nSPS) is 22.1. The highest BCUT2D eigenvalue weighted by atomic mass is 32.2. The van der Waals surface area contributed by atoms with E-state index in [0.29, 0.717) is 45.0 Å². The highest BCUT2D eigenvalue weighted by Crippen LogP contribution is 2.31. The van der Waals surface area contributed by atoms with Gasteiger partial charge in [0.2, 0.25) is 21.8 Å². The molecule has 2 saturated heterocycles. The Hall–Kier alpha value is -1.97. The molecule has 0 aromatic heterocycles. The third-order valence-electron chi connectivity index (χ3n) is 6.30. The molecule has 9 heteroatoms. The van der Waals surface area contributed by atoms with Crippen molar-refractivity contribution in [2.75, 3.05) is 44.6 Å². The zero-order valence-electron chi connectivity index (χ0n) is 17.4. The maximum absolute atomic E-state index is 12.7.